The molecule has 2 N–H and O–H groups in total. The molecule has 1 aromatic rings. The summed E-state index contributed by atoms with van der Waals surface area (Å²) in [6, 6.07) is 3.40. The van der Waals surface area contributed by atoms with E-state index in [0.717, 1.165) is 31.6 Å². The minimum atomic E-state index is -0.572. The summed E-state index contributed by atoms with van der Waals surface area (Å²) < 4.78 is 5.40. The Labute approximate surface area is 138 Å². The molecule has 0 fully saturated rings. The molecule has 128 valence electrons. The van der Waals surface area contributed by atoms with E-state index in [1.807, 2.05) is 13.0 Å². The summed E-state index contributed by atoms with van der Waals surface area (Å²) in [7, 11) is 1.52. The maximum absolute atomic E-state index is 12.2. The third-order valence-electron chi connectivity index (χ3n) is 4.03. The highest BCUT2D eigenvalue weighted by atomic mass is 16.5. The predicted octanol–water partition coefficient (Wildman–Crippen LogP) is 2.66. The van der Waals surface area contributed by atoms with Crippen LogP contribution in [0.4, 0.5) is 0 Å². The molecule has 0 spiro atoms. The van der Waals surface area contributed by atoms with Crippen molar-refractivity contribution in [2.45, 2.75) is 40.0 Å². The number of nitrogens with zero attached hydrogens (tertiary/aromatic N) is 1. The van der Waals surface area contributed by atoms with Crippen LogP contribution in [0.15, 0.2) is 12.1 Å². The monoisotopic (exact) mass is 320 g/mol. The lowest BCUT2D eigenvalue weighted by Gasteiger charge is -2.20. The van der Waals surface area contributed by atoms with Crippen molar-refractivity contribution >= 4 is 11.7 Å². The van der Waals surface area contributed by atoms with Crippen LogP contribution in [-0.4, -0.2) is 43.3 Å². The first-order valence-electron chi connectivity index (χ1n) is 8.24. The summed E-state index contributed by atoms with van der Waals surface area (Å²) >= 11 is 0. The Morgan fingerprint density at radius 2 is 1.83 bits per heavy atom. The molecular weight excluding hydrogens is 292 g/mol. The number of likely N-dealkylation sites (N-methyl/N-ethyl adjacent to an activating group) is 1. The Morgan fingerprint density at radius 3 is 2.30 bits per heavy atom. The molecule has 0 heterocycles. The third-order valence-corrected chi connectivity index (χ3v) is 4.03. The van der Waals surface area contributed by atoms with E-state index in [9.17, 15) is 9.59 Å². The van der Waals surface area contributed by atoms with Crippen molar-refractivity contribution < 1.29 is 14.3 Å². The predicted molar refractivity (Wildman–Crippen MR) is 92.2 cm³/mol. The van der Waals surface area contributed by atoms with Gasteiger partial charge in [0.25, 0.3) is 5.91 Å². The number of rotatable bonds is 10. The number of benzene rings is 1. The first-order chi connectivity index (χ1) is 11.0. The normalized spacial score (nSPS) is 10.8. The van der Waals surface area contributed by atoms with Crippen LogP contribution in [0.1, 0.15) is 59.9 Å². The molecule has 0 aliphatic rings. The van der Waals surface area contributed by atoms with E-state index in [1.165, 1.54) is 7.11 Å². The zero-order chi connectivity index (χ0) is 17.4. The lowest BCUT2D eigenvalue weighted by molar-refractivity contribution is 0.0981. The van der Waals surface area contributed by atoms with Crippen LogP contribution in [0.2, 0.25) is 0 Å². The van der Waals surface area contributed by atoms with Gasteiger partial charge in [0.1, 0.15) is 5.75 Å². The van der Waals surface area contributed by atoms with E-state index in [-0.39, 0.29) is 11.3 Å². The van der Waals surface area contributed by atoms with Crippen molar-refractivity contribution in [2.24, 2.45) is 5.73 Å². The van der Waals surface area contributed by atoms with E-state index in [1.54, 1.807) is 6.07 Å². The second kappa shape index (κ2) is 9.30. The molecule has 0 saturated carbocycles. The highest BCUT2D eigenvalue weighted by Gasteiger charge is 2.18. The lowest BCUT2D eigenvalue weighted by atomic mass is 9.97. The summed E-state index contributed by atoms with van der Waals surface area (Å²) in [5, 5.41) is 0. The number of primary amides is 1. The molecule has 5 nitrogen and oxygen atoms in total. The number of ketones is 1. The second-order valence-electron chi connectivity index (χ2n) is 5.53. The fraction of sp³-hybridized carbons (Fsp3) is 0.556. The van der Waals surface area contributed by atoms with Crippen LogP contribution in [0.3, 0.4) is 0 Å². The first-order valence-corrected chi connectivity index (χ1v) is 8.24. The number of amides is 1. The van der Waals surface area contributed by atoms with Gasteiger partial charge in [-0.25, -0.2) is 0 Å². The number of hydrogen-bond donors (Lipinski definition) is 1. The first kappa shape index (κ1) is 19.2. The van der Waals surface area contributed by atoms with E-state index in [0.29, 0.717) is 24.2 Å². The number of ether oxygens (including phenoxy) is 1. The highest BCUT2D eigenvalue weighted by molar-refractivity contribution is 6.02. The lowest BCUT2D eigenvalue weighted by Crippen LogP contribution is -2.25. The average Bonchev–Trinajstić information content (AvgIpc) is 2.54. The Hall–Kier alpha value is -1.88. The zero-order valence-corrected chi connectivity index (χ0v) is 14.6. The number of nitrogens with two attached hydrogens (primary N) is 1. The molecule has 0 aromatic heterocycles. The average molecular weight is 320 g/mol. The summed E-state index contributed by atoms with van der Waals surface area (Å²) in [5.74, 6) is -0.0588. The molecular formula is C18H28N2O3. The summed E-state index contributed by atoms with van der Waals surface area (Å²) in [6.45, 7) is 8.92. The number of methoxy groups -OCH3 is 1. The standard InChI is InChI=1S/C18H28N2O3/c1-5-8-16(21)14-11-13(9-10-20(6-2)7-3)17(23-4)15(12-14)18(19)22/h11-12H,5-10H2,1-4H3,(H2,19,22). The van der Waals surface area contributed by atoms with Crippen molar-refractivity contribution in [3.8, 4) is 5.75 Å². The van der Waals surface area contributed by atoms with Gasteiger partial charge in [0.05, 0.1) is 12.7 Å². The van der Waals surface area contributed by atoms with Gasteiger partial charge in [-0.3, -0.25) is 9.59 Å². The Morgan fingerprint density at radius 1 is 1.17 bits per heavy atom. The maximum atomic E-state index is 12.2. The Kier molecular flexibility index (Phi) is 7.75. The van der Waals surface area contributed by atoms with Crippen LogP contribution in [0.25, 0.3) is 0 Å². The molecule has 23 heavy (non-hydrogen) atoms. The summed E-state index contributed by atoms with van der Waals surface area (Å²) in [6.07, 6.45) is 1.93. The molecule has 1 amide bonds. The molecule has 0 bridgehead atoms. The molecule has 0 aliphatic heterocycles. The van der Waals surface area contributed by atoms with E-state index >= 15 is 0 Å². The minimum absolute atomic E-state index is 0.0294. The van der Waals surface area contributed by atoms with E-state index in [2.05, 4.69) is 18.7 Å². The maximum Gasteiger partial charge on any atom is 0.252 e. The number of hydrogen-bond acceptors (Lipinski definition) is 4. The highest BCUT2D eigenvalue weighted by Crippen LogP contribution is 2.27. The number of carbonyl (C=O) groups is 2. The number of Topliss-reactive ketones (excluding diaryl/α,β-unsaturated/α-hetero) is 1. The van der Waals surface area contributed by atoms with Crippen LogP contribution < -0.4 is 10.5 Å². The topological polar surface area (TPSA) is 72.6 Å². The molecule has 0 aliphatic carbocycles. The van der Waals surface area contributed by atoms with E-state index < -0.39 is 5.91 Å². The minimum Gasteiger partial charge on any atom is -0.496 e. The molecule has 0 unspecified atom stereocenters. The van der Waals surface area contributed by atoms with Gasteiger partial charge >= 0.3 is 0 Å². The Bertz CT molecular complexity index is 551. The van der Waals surface area contributed by atoms with Crippen molar-refractivity contribution in [1.82, 2.24) is 4.90 Å². The fourth-order valence-corrected chi connectivity index (χ4v) is 2.65. The summed E-state index contributed by atoms with van der Waals surface area (Å²) in [5.41, 5.74) is 7.15. The van der Waals surface area contributed by atoms with Gasteiger partial charge in [-0.1, -0.05) is 20.8 Å². The van der Waals surface area contributed by atoms with Crippen LogP contribution in [0, 0.1) is 0 Å². The van der Waals surface area contributed by atoms with Crippen molar-refractivity contribution in [1.29, 1.82) is 0 Å². The largest absolute Gasteiger partial charge is 0.496 e. The molecule has 5 heteroatoms. The van der Waals surface area contributed by atoms with Crippen molar-refractivity contribution in [3.05, 3.63) is 28.8 Å². The van der Waals surface area contributed by atoms with E-state index in [4.69, 9.17) is 10.5 Å². The van der Waals surface area contributed by atoms with Gasteiger partial charge in [0.2, 0.25) is 0 Å². The second-order valence-corrected chi connectivity index (χ2v) is 5.53. The molecule has 0 radical (unpaired) electrons. The summed E-state index contributed by atoms with van der Waals surface area (Å²) in [4.78, 5) is 26.2. The van der Waals surface area contributed by atoms with Gasteiger partial charge in [0, 0.05) is 18.5 Å². The van der Waals surface area contributed by atoms with Gasteiger partial charge in [-0.2, -0.15) is 0 Å². The van der Waals surface area contributed by atoms with Gasteiger partial charge in [0.15, 0.2) is 5.78 Å². The van der Waals surface area contributed by atoms with Crippen LogP contribution >= 0.6 is 0 Å². The Balaban J connectivity index is 3.23. The molecule has 0 saturated heterocycles. The van der Waals surface area contributed by atoms with Gasteiger partial charge < -0.3 is 15.4 Å². The fourth-order valence-electron chi connectivity index (χ4n) is 2.65. The van der Waals surface area contributed by atoms with Crippen LogP contribution in [0.5, 0.6) is 5.75 Å². The molecule has 0 atom stereocenters. The van der Waals surface area contributed by atoms with Crippen LogP contribution in [-0.2, 0) is 6.42 Å². The van der Waals surface area contributed by atoms with Crippen molar-refractivity contribution in [2.75, 3.05) is 26.7 Å². The molecule has 1 aromatic carbocycles. The third kappa shape index (κ3) is 5.06. The number of carbonyl (C=O) groups excluding carboxylic acids is 2. The van der Waals surface area contributed by atoms with Crippen molar-refractivity contribution in [3.63, 3.8) is 0 Å². The zero-order valence-electron chi connectivity index (χ0n) is 14.6. The van der Waals surface area contributed by atoms with Gasteiger partial charge in [-0.05, 0) is 43.6 Å². The quantitative estimate of drug-likeness (QED) is 0.673. The molecule has 1 rings (SSSR count). The SMILES string of the molecule is CCCC(=O)c1cc(CCN(CC)CC)c(OC)c(C(N)=O)c1. The van der Waals surface area contributed by atoms with Gasteiger partial charge in [-0.15, -0.1) is 0 Å². The smallest absolute Gasteiger partial charge is 0.252 e.